The van der Waals surface area contributed by atoms with E-state index >= 15 is 0 Å². The fourth-order valence-electron chi connectivity index (χ4n) is 4.75. The van der Waals surface area contributed by atoms with Gasteiger partial charge in [-0.15, -0.1) is 0 Å². The Balaban J connectivity index is 1.34. The van der Waals surface area contributed by atoms with E-state index in [0.29, 0.717) is 5.75 Å². The number of likely N-dealkylation sites (tertiary alicyclic amines) is 2. The zero-order chi connectivity index (χ0) is 21.1. The van der Waals surface area contributed by atoms with Crippen molar-refractivity contribution in [3.8, 4) is 5.75 Å². The van der Waals surface area contributed by atoms with Crippen molar-refractivity contribution in [3.05, 3.63) is 59.4 Å². The van der Waals surface area contributed by atoms with E-state index in [1.165, 1.54) is 16.7 Å². The quantitative estimate of drug-likeness (QED) is 0.697. The molecule has 0 radical (unpaired) electrons. The van der Waals surface area contributed by atoms with Crippen LogP contribution >= 0.6 is 0 Å². The number of halogens is 2. The first-order chi connectivity index (χ1) is 14.4. The molecule has 3 heterocycles. The van der Waals surface area contributed by atoms with Gasteiger partial charge in [0.25, 0.3) is 5.92 Å². The Bertz CT molecular complexity index is 838. The Kier molecular flexibility index (Phi) is 6.34. The molecule has 0 N–H and O–H groups in total. The van der Waals surface area contributed by atoms with Crippen LogP contribution in [0.15, 0.2) is 42.7 Å². The summed E-state index contributed by atoms with van der Waals surface area (Å²) in [6, 6.07) is 10.1. The van der Waals surface area contributed by atoms with Gasteiger partial charge in [0.1, 0.15) is 12.4 Å². The minimum atomic E-state index is -2.64. The predicted molar refractivity (Wildman–Crippen MR) is 114 cm³/mol. The summed E-state index contributed by atoms with van der Waals surface area (Å²) in [4.78, 5) is 8.49. The third kappa shape index (κ3) is 5.16. The van der Waals surface area contributed by atoms with Gasteiger partial charge in [-0.3, -0.25) is 14.8 Å². The van der Waals surface area contributed by atoms with Crippen molar-refractivity contribution >= 4 is 0 Å². The van der Waals surface area contributed by atoms with Gasteiger partial charge >= 0.3 is 0 Å². The number of pyridine rings is 1. The fraction of sp³-hybridized carbons (Fsp3) is 0.542. The van der Waals surface area contributed by atoms with Crippen molar-refractivity contribution in [2.75, 3.05) is 26.2 Å². The molecule has 0 unspecified atom stereocenters. The third-order valence-corrected chi connectivity index (χ3v) is 6.42. The summed E-state index contributed by atoms with van der Waals surface area (Å²) < 4.78 is 34.3. The maximum atomic E-state index is 14.3. The second-order valence-electron chi connectivity index (χ2n) is 8.82. The lowest BCUT2D eigenvalue weighted by Gasteiger charge is -2.39. The van der Waals surface area contributed by atoms with Crippen LogP contribution in [-0.2, 0) is 6.54 Å². The van der Waals surface area contributed by atoms with Gasteiger partial charge in [-0.2, -0.15) is 0 Å². The van der Waals surface area contributed by atoms with Gasteiger partial charge in [0, 0.05) is 25.2 Å². The second-order valence-corrected chi connectivity index (χ2v) is 8.82. The Morgan fingerprint density at radius 1 is 1.17 bits per heavy atom. The Hall–Kier alpha value is -2.05. The van der Waals surface area contributed by atoms with E-state index < -0.39 is 5.92 Å². The van der Waals surface area contributed by atoms with E-state index in [4.69, 9.17) is 4.74 Å². The maximum Gasteiger partial charge on any atom is 0.262 e. The molecule has 0 amide bonds. The number of hydrogen-bond donors (Lipinski definition) is 0. The summed E-state index contributed by atoms with van der Waals surface area (Å²) in [6.45, 7) is 7.22. The highest BCUT2D eigenvalue weighted by Gasteiger charge is 2.47. The standard InChI is InChI=1S/C24H31F2N3O/c1-18-5-6-19(2)20(12-18)15-28-10-7-21(8-11-28)29-17-24(25,26)13-22(29)16-30-23-4-3-9-27-14-23/h3-6,9,12,14,21-22H,7-8,10-11,13,15-17H2,1-2H3/t22-/m0/s1. The molecule has 1 atom stereocenters. The van der Waals surface area contributed by atoms with Crippen LogP contribution in [0, 0.1) is 13.8 Å². The van der Waals surface area contributed by atoms with Crippen LogP contribution in [-0.4, -0.2) is 59.0 Å². The lowest BCUT2D eigenvalue weighted by Crippen LogP contribution is -2.48. The molecule has 1 aromatic carbocycles. The van der Waals surface area contributed by atoms with Crippen LogP contribution in [0.4, 0.5) is 8.78 Å². The normalized spacial score (nSPS) is 23.0. The summed E-state index contributed by atoms with van der Waals surface area (Å²) in [5, 5.41) is 0. The van der Waals surface area contributed by atoms with Gasteiger partial charge < -0.3 is 4.74 Å². The molecule has 2 fully saturated rings. The van der Waals surface area contributed by atoms with Gasteiger partial charge in [0.2, 0.25) is 0 Å². The van der Waals surface area contributed by atoms with Gasteiger partial charge in [-0.1, -0.05) is 23.8 Å². The molecule has 4 rings (SSSR count). The Labute approximate surface area is 177 Å². The Morgan fingerprint density at radius 2 is 1.97 bits per heavy atom. The average molecular weight is 416 g/mol. The van der Waals surface area contributed by atoms with Crippen molar-refractivity contribution < 1.29 is 13.5 Å². The van der Waals surface area contributed by atoms with Crippen molar-refractivity contribution in [3.63, 3.8) is 0 Å². The SMILES string of the molecule is Cc1ccc(C)c(CN2CCC(N3CC(F)(F)C[C@H]3COc3cccnc3)CC2)c1. The first-order valence-electron chi connectivity index (χ1n) is 10.8. The number of piperidine rings is 1. The second kappa shape index (κ2) is 8.98. The lowest BCUT2D eigenvalue weighted by atomic mass is 10.00. The topological polar surface area (TPSA) is 28.6 Å². The maximum absolute atomic E-state index is 14.3. The van der Waals surface area contributed by atoms with Crippen LogP contribution in [0.5, 0.6) is 5.75 Å². The molecule has 2 aliphatic heterocycles. The average Bonchev–Trinajstić information content (AvgIpc) is 3.05. The molecule has 6 heteroatoms. The third-order valence-electron chi connectivity index (χ3n) is 6.42. The first kappa shape index (κ1) is 21.2. The van der Waals surface area contributed by atoms with Crippen LogP contribution < -0.4 is 4.74 Å². The van der Waals surface area contributed by atoms with Crippen LogP contribution in [0.25, 0.3) is 0 Å². The number of alkyl halides is 2. The van der Waals surface area contributed by atoms with Crippen LogP contribution in [0.3, 0.4) is 0 Å². The van der Waals surface area contributed by atoms with E-state index in [1.807, 2.05) is 11.0 Å². The Morgan fingerprint density at radius 3 is 2.70 bits per heavy atom. The van der Waals surface area contributed by atoms with Crippen molar-refractivity contribution in [2.24, 2.45) is 0 Å². The highest BCUT2D eigenvalue weighted by Crippen LogP contribution is 2.36. The number of ether oxygens (including phenoxy) is 1. The molecule has 0 spiro atoms. The van der Waals surface area contributed by atoms with E-state index in [-0.39, 0.29) is 31.7 Å². The van der Waals surface area contributed by atoms with E-state index in [9.17, 15) is 8.78 Å². The summed E-state index contributed by atoms with van der Waals surface area (Å²) in [5.41, 5.74) is 3.96. The number of hydrogen-bond acceptors (Lipinski definition) is 4. The highest BCUT2D eigenvalue weighted by atomic mass is 19.3. The van der Waals surface area contributed by atoms with Gasteiger partial charge in [0.15, 0.2) is 0 Å². The summed E-state index contributed by atoms with van der Waals surface area (Å²) in [6.07, 6.45) is 5.02. The van der Waals surface area contributed by atoms with E-state index in [1.54, 1.807) is 18.5 Å². The molecular formula is C24H31F2N3O. The minimum absolute atomic E-state index is 0.129. The monoisotopic (exact) mass is 415 g/mol. The first-order valence-corrected chi connectivity index (χ1v) is 10.8. The van der Waals surface area contributed by atoms with Gasteiger partial charge in [-0.25, -0.2) is 8.78 Å². The molecule has 2 saturated heterocycles. The van der Waals surface area contributed by atoms with Crippen molar-refractivity contribution in [2.45, 2.75) is 57.7 Å². The molecule has 0 aliphatic carbocycles. The van der Waals surface area contributed by atoms with Crippen molar-refractivity contribution in [1.29, 1.82) is 0 Å². The van der Waals surface area contributed by atoms with Gasteiger partial charge in [-0.05, 0) is 63.0 Å². The molecule has 0 bridgehead atoms. The van der Waals surface area contributed by atoms with Crippen molar-refractivity contribution in [1.82, 2.24) is 14.8 Å². The molecule has 4 nitrogen and oxygen atoms in total. The van der Waals surface area contributed by atoms with Crippen LogP contribution in [0.2, 0.25) is 0 Å². The van der Waals surface area contributed by atoms with Crippen LogP contribution in [0.1, 0.15) is 36.0 Å². The fourth-order valence-corrected chi connectivity index (χ4v) is 4.75. The molecule has 0 saturated carbocycles. The lowest BCUT2D eigenvalue weighted by molar-refractivity contribution is 0.00269. The molecule has 2 aromatic rings. The van der Waals surface area contributed by atoms with E-state index in [0.717, 1.165) is 32.5 Å². The number of rotatable bonds is 6. The number of aryl methyl sites for hydroxylation is 2. The summed E-state index contributed by atoms with van der Waals surface area (Å²) in [7, 11) is 0. The largest absolute Gasteiger partial charge is 0.490 e. The van der Waals surface area contributed by atoms with E-state index in [2.05, 4.69) is 41.9 Å². The molecule has 30 heavy (non-hydrogen) atoms. The predicted octanol–water partition coefficient (Wildman–Crippen LogP) is 4.45. The molecule has 1 aromatic heterocycles. The number of benzene rings is 1. The summed E-state index contributed by atoms with van der Waals surface area (Å²) in [5.74, 6) is -2.00. The summed E-state index contributed by atoms with van der Waals surface area (Å²) >= 11 is 0. The zero-order valence-electron chi connectivity index (χ0n) is 17.9. The number of nitrogens with zero attached hydrogens (tertiary/aromatic N) is 3. The van der Waals surface area contributed by atoms with Gasteiger partial charge in [0.05, 0.1) is 18.8 Å². The minimum Gasteiger partial charge on any atom is -0.490 e. The smallest absolute Gasteiger partial charge is 0.262 e. The molecular weight excluding hydrogens is 384 g/mol. The molecule has 162 valence electrons. The zero-order valence-corrected chi connectivity index (χ0v) is 17.9. The molecule has 2 aliphatic rings. The number of aromatic nitrogens is 1. The highest BCUT2D eigenvalue weighted by molar-refractivity contribution is 5.30.